The lowest BCUT2D eigenvalue weighted by Crippen LogP contribution is -2.35. The van der Waals surface area contributed by atoms with Gasteiger partial charge in [0.25, 0.3) is 0 Å². The van der Waals surface area contributed by atoms with E-state index in [-0.39, 0.29) is 11.4 Å². The Morgan fingerprint density at radius 3 is 2.46 bits per heavy atom. The molecule has 0 heterocycles. The molecular formula is C17H18ClNO4S. The lowest BCUT2D eigenvalue weighted by atomic mass is 10.2. The molecule has 1 N–H and O–H groups in total. The molecule has 7 heteroatoms. The maximum absolute atomic E-state index is 13.0. The van der Waals surface area contributed by atoms with Crippen molar-refractivity contribution in [1.82, 2.24) is 4.31 Å². The molecule has 0 aliphatic heterocycles. The number of carbonyl (C=O) groups is 1. The van der Waals surface area contributed by atoms with Gasteiger partial charge in [0.15, 0.2) is 0 Å². The molecule has 0 aliphatic carbocycles. The van der Waals surface area contributed by atoms with Crippen LogP contribution in [0.1, 0.15) is 16.7 Å². The molecule has 0 spiro atoms. The average Bonchev–Trinajstić information content (AvgIpc) is 2.50. The topological polar surface area (TPSA) is 74.7 Å². The van der Waals surface area contributed by atoms with Crippen LogP contribution in [-0.2, 0) is 21.4 Å². The third-order valence-corrected chi connectivity index (χ3v) is 5.88. The van der Waals surface area contributed by atoms with E-state index in [2.05, 4.69) is 0 Å². The summed E-state index contributed by atoms with van der Waals surface area (Å²) in [5.41, 5.74) is 1.90. The van der Waals surface area contributed by atoms with Crippen molar-refractivity contribution in [2.24, 2.45) is 0 Å². The average molecular weight is 368 g/mol. The highest BCUT2D eigenvalue weighted by Crippen LogP contribution is 2.25. The number of nitrogens with zero attached hydrogens (tertiary/aromatic N) is 1. The Balaban J connectivity index is 2.48. The number of aryl methyl sites for hydroxylation is 2. The molecular weight excluding hydrogens is 350 g/mol. The first-order valence-electron chi connectivity index (χ1n) is 7.24. The number of halogens is 1. The highest BCUT2D eigenvalue weighted by molar-refractivity contribution is 7.89. The van der Waals surface area contributed by atoms with Gasteiger partial charge in [0.1, 0.15) is 6.54 Å². The van der Waals surface area contributed by atoms with Crippen LogP contribution >= 0.6 is 11.6 Å². The molecule has 0 unspecified atom stereocenters. The van der Waals surface area contributed by atoms with Crippen molar-refractivity contribution in [3.8, 4) is 0 Å². The van der Waals surface area contributed by atoms with Crippen LogP contribution in [0.3, 0.4) is 0 Å². The number of hydrogen-bond acceptors (Lipinski definition) is 3. The summed E-state index contributed by atoms with van der Waals surface area (Å²) in [6.45, 7) is 2.72. The first kappa shape index (κ1) is 18.4. The molecule has 0 radical (unpaired) electrons. The highest BCUT2D eigenvalue weighted by Gasteiger charge is 2.28. The van der Waals surface area contributed by atoms with Crippen molar-refractivity contribution in [3.63, 3.8) is 0 Å². The fourth-order valence-electron chi connectivity index (χ4n) is 2.32. The summed E-state index contributed by atoms with van der Waals surface area (Å²) in [6.07, 6.45) is 0. The van der Waals surface area contributed by atoms with E-state index in [4.69, 9.17) is 16.7 Å². The minimum absolute atomic E-state index is 0.107. The van der Waals surface area contributed by atoms with Crippen LogP contribution in [0.2, 0.25) is 5.02 Å². The Morgan fingerprint density at radius 2 is 1.83 bits per heavy atom. The van der Waals surface area contributed by atoms with Gasteiger partial charge in [-0.2, -0.15) is 4.31 Å². The maximum Gasteiger partial charge on any atom is 0.318 e. The molecule has 0 bridgehead atoms. The molecule has 0 aromatic heterocycles. The smallest absolute Gasteiger partial charge is 0.318 e. The largest absolute Gasteiger partial charge is 0.480 e. The van der Waals surface area contributed by atoms with E-state index in [1.165, 1.54) is 0 Å². The van der Waals surface area contributed by atoms with Gasteiger partial charge >= 0.3 is 5.97 Å². The number of carboxylic acid groups (broad SMARTS) is 1. The van der Waals surface area contributed by atoms with Gasteiger partial charge in [0, 0.05) is 11.6 Å². The summed E-state index contributed by atoms with van der Waals surface area (Å²) in [6, 6.07) is 11.8. The summed E-state index contributed by atoms with van der Waals surface area (Å²) in [4.78, 5) is 11.3. The molecule has 0 amide bonds. The van der Waals surface area contributed by atoms with Gasteiger partial charge in [0.2, 0.25) is 10.0 Å². The van der Waals surface area contributed by atoms with E-state index in [1.807, 2.05) is 6.07 Å². The standard InChI is InChI=1S/C17H18ClNO4S/c1-12-7-8-13(2)16(9-12)24(22,23)19(11-17(20)21)10-14-5-3-4-6-15(14)18/h3-9H,10-11H2,1-2H3,(H,20,21). The zero-order chi connectivity index (χ0) is 17.9. The third-order valence-electron chi connectivity index (χ3n) is 3.58. The Kier molecular flexibility index (Phi) is 5.64. The first-order chi connectivity index (χ1) is 11.2. The van der Waals surface area contributed by atoms with Gasteiger partial charge in [-0.05, 0) is 42.7 Å². The summed E-state index contributed by atoms with van der Waals surface area (Å²) in [5.74, 6) is -1.23. The normalized spacial score (nSPS) is 11.7. The van der Waals surface area contributed by atoms with Gasteiger partial charge in [-0.3, -0.25) is 4.79 Å². The van der Waals surface area contributed by atoms with Gasteiger partial charge in [0.05, 0.1) is 4.90 Å². The fraction of sp³-hybridized carbons (Fsp3) is 0.235. The molecule has 128 valence electrons. The molecule has 0 aliphatic rings. The van der Waals surface area contributed by atoms with E-state index in [1.54, 1.807) is 50.2 Å². The lowest BCUT2D eigenvalue weighted by molar-refractivity contribution is -0.137. The maximum atomic E-state index is 13.0. The van der Waals surface area contributed by atoms with Crippen LogP contribution in [0.5, 0.6) is 0 Å². The number of hydrogen-bond donors (Lipinski definition) is 1. The second kappa shape index (κ2) is 7.34. The van der Waals surface area contributed by atoms with Gasteiger partial charge in [-0.1, -0.05) is 41.9 Å². The molecule has 2 aromatic rings. The summed E-state index contributed by atoms with van der Waals surface area (Å²) in [5, 5.41) is 9.52. The monoisotopic (exact) mass is 367 g/mol. The molecule has 2 aromatic carbocycles. The van der Waals surface area contributed by atoms with Crippen molar-refractivity contribution >= 4 is 27.6 Å². The highest BCUT2D eigenvalue weighted by atomic mass is 35.5. The van der Waals surface area contributed by atoms with Crippen LogP contribution in [0.4, 0.5) is 0 Å². The number of carboxylic acids is 1. The van der Waals surface area contributed by atoms with Crippen molar-refractivity contribution in [2.45, 2.75) is 25.3 Å². The zero-order valence-corrected chi connectivity index (χ0v) is 14.9. The number of aliphatic carboxylic acids is 1. The van der Waals surface area contributed by atoms with Crippen LogP contribution in [0.25, 0.3) is 0 Å². The summed E-state index contributed by atoms with van der Waals surface area (Å²) < 4.78 is 26.9. The van der Waals surface area contributed by atoms with Crippen LogP contribution in [0.15, 0.2) is 47.4 Å². The molecule has 0 atom stereocenters. The second-order valence-corrected chi connectivity index (χ2v) is 7.84. The quantitative estimate of drug-likeness (QED) is 0.850. The Hall–Kier alpha value is -1.89. The minimum Gasteiger partial charge on any atom is -0.480 e. The SMILES string of the molecule is Cc1ccc(C)c(S(=O)(=O)N(CC(=O)O)Cc2ccccc2Cl)c1. The minimum atomic E-state index is -3.97. The zero-order valence-electron chi connectivity index (χ0n) is 13.4. The van der Waals surface area contributed by atoms with Crippen molar-refractivity contribution in [1.29, 1.82) is 0 Å². The molecule has 2 rings (SSSR count). The van der Waals surface area contributed by atoms with Crippen LogP contribution in [-0.4, -0.2) is 30.3 Å². The van der Waals surface area contributed by atoms with E-state index in [9.17, 15) is 13.2 Å². The predicted octanol–water partition coefficient (Wildman–Crippen LogP) is 3.23. The lowest BCUT2D eigenvalue weighted by Gasteiger charge is -2.22. The van der Waals surface area contributed by atoms with Gasteiger partial charge in [-0.15, -0.1) is 0 Å². The first-order valence-corrected chi connectivity index (χ1v) is 9.06. The second-order valence-electron chi connectivity index (χ2n) is 5.53. The van der Waals surface area contributed by atoms with E-state index >= 15 is 0 Å². The number of rotatable bonds is 6. The Morgan fingerprint density at radius 1 is 1.17 bits per heavy atom. The van der Waals surface area contributed by atoms with Crippen LogP contribution < -0.4 is 0 Å². The van der Waals surface area contributed by atoms with Gasteiger partial charge < -0.3 is 5.11 Å². The van der Waals surface area contributed by atoms with Gasteiger partial charge in [-0.25, -0.2) is 8.42 Å². The molecule has 24 heavy (non-hydrogen) atoms. The molecule has 0 fully saturated rings. The number of sulfonamides is 1. The predicted molar refractivity (Wildman–Crippen MR) is 92.6 cm³/mol. The Bertz CT molecular complexity index is 865. The molecule has 0 saturated heterocycles. The summed E-state index contributed by atoms with van der Waals surface area (Å²) in [7, 11) is -3.97. The van der Waals surface area contributed by atoms with Crippen molar-refractivity contribution in [3.05, 3.63) is 64.2 Å². The van der Waals surface area contributed by atoms with E-state index in [0.717, 1.165) is 9.87 Å². The fourth-order valence-corrected chi connectivity index (χ4v) is 4.19. The van der Waals surface area contributed by atoms with E-state index in [0.29, 0.717) is 16.1 Å². The molecule has 5 nitrogen and oxygen atoms in total. The Labute approximate surface area is 146 Å². The third kappa shape index (κ3) is 4.14. The summed E-state index contributed by atoms with van der Waals surface area (Å²) >= 11 is 6.09. The number of benzene rings is 2. The van der Waals surface area contributed by atoms with Crippen molar-refractivity contribution in [2.75, 3.05) is 6.54 Å². The van der Waals surface area contributed by atoms with Crippen molar-refractivity contribution < 1.29 is 18.3 Å². The molecule has 0 saturated carbocycles. The van der Waals surface area contributed by atoms with E-state index < -0.39 is 22.5 Å². The van der Waals surface area contributed by atoms with Crippen LogP contribution in [0, 0.1) is 13.8 Å².